The first-order chi connectivity index (χ1) is 7.95. The maximum absolute atomic E-state index is 11.6. The Morgan fingerprint density at radius 3 is 2.67 bits per heavy atom. The van der Waals surface area contributed by atoms with Gasteiger partial charge >= 0.3 is 0 Å². The summed E-state index contributed by atoms with van der Waals surface area (Å²) >= 11 is 0. The number of hydrogen-bond donors (Lipinski definition) is 2. The predicted octanol–water partition coefficient (Wildman–Crippen LogP) is 1.13. The van der Waals surface area contributed by atoms with Crippen LogP contribution >= 0.6 is 12.4 Å². The van der Waals surface area contributed by atoms with Gasteiger partial charge in [-0.15, -0.1) is 12.4 Å². The van der Waals surface area contributed by atoms with Crippen LogP contribution in [0.1, 0.15) is 12.5 Å². The van der Waals surface area contributed by atoms with E-state index in [4.69, 9.17) is 10.5 Å². The largest absolute Gasteiger partial charge is 0.504 e. The lowest BCUT2D eigenvalue weighted by molar-refractivity contribution is -0.131. The predicted molar refractivity (Wildman–Crippen MR) is 72.0 cm³/mol. The van der Waals surface area contributed by atoms with Crippen molar-refractivity contribution < 1.29 is 14.6 Å². The average Bonchev–Trinajstić information content (AvgIpc) is 2.30. The number of carbonyl (C=O) groups excluding carboxylic acids is 1. The summed E-state index contributed by atoms with van der Waals surface area (Å²) < 4.78 is 5.00. The molecule has 1 atom stereocenters. The van der Waals surface area contributed by atoms with Crippen LogP contribution in [0, 0.1) is 0 Å². The number of hydrogen-bond acceptors (Lipinski definition) is 4. The second kappa shape index (κ2) is 7.08. The Bertz CT molecular complexity index is 410. The Morgan fingerprint density at radius 1 is 1.56 bits per heavy atom. The maximum atomic E-state index is 11.6. The zero-order valence-corrected chi connectivity index (χ0v) is 11.5. The molecule has 0 fully saturated rings. The minimum atomic E-state index is -0.515. The smallest absolute Gasteiger partial charge is 0.239 e. The Hall–Kier alpha value is -1.46. The standard InChI is InChI=1S/C12H18N2O3.ClH/c1-8(13)12(16)14(2)7-9-4-5-10(15)11(6-9)17-3;/h4-6,8,15H,7,13H2,1-3H3;1H/t8-;/m1./s1. The lowest BCUT2D eigenvalue weighted by atomic mass is 10.2. The van der Waals surface area contributed by atoms with E-state index in [1.54, 1.807) is 32.2 Å². The number of likely N-dealkylation sites (N-methyl/N-ethyl adjacent to an activating group) is 1. The number of nitrogens with zero attached hydrogens (tertiary/aromatic N) is 1. The molecule has 3 N–H and O–H groups in total. The van der Waals surface area contributed by atoms with Gasteiger partial charge in [0.2, 0.25) is 5.91 Å². The fourth-order valence-corrected chi connectivity index (χ4v) is 1.52. The number of rotatable bonds is 4. The molecule has 18 heavy (non-hydrogen) atoms. The van der Waals surface area contributed by atoms with E-state index >= 15 is 0 Å². The number of methoxy groups -OCH3 is 1. The van der Waals surface area contributed by atoms with Crippen LogP contribution in [0.4, 0.5) is 0 Å². The number of benzene rings is 1. The summed E-state index contributed by atoms with van der Waals surface area (Å²) in [6, 6.07) is 4.46. The summed E-state index contributed by atoms with van der Waals surface area (Å²) in [5.41, 5.74) is 6.39. The van der Waals surface area contributed by atoms with Crippen LogP contribution in [0.5, 0.6) is 11.5 Å². The molecule has 5 nitrogen and oxygen atoms in total. The topological polar surface area (TPSA) is 75.8 Å². The fourth-order valence-electron chi connectivity index (χ4n) is 1.52. The Morgan fingerprint density at radius 2 is 2.17 bits per heavy atom. The first-order valence-corrected chi connectivity index (χ1v) is 5.32. The molecule has 0 heterocycles. The van der Waals surface area contributed by atoms with Gasteiger partial charge in [0.25, 0.3) is 0 Å². The summed E-state index contributed by atoms with van der Waals surface area (Å²) in [5, 5.41) is 9.44. The molecule has 0 spiro atoms. The van der Waals surface area contributed by atoms with Crippen LogP contribution in [0.25, 0.3) is 0 Å². The first kappa shape index (κ1) is 16.5. The van der Waals surface area contributed by atoms with Gasteiger partial charge < -0.3 is 20.5 Å². The van der Waals surface area contributed by atoms with Gasteiger partial charge in [0.1, 0.15) is 0 Å². The van der Waals surface area contributed by atoms with Crippen molar-refractivity contribution in [3.8, 4) is 11.5 Å². The number of nitrogens with two attached hydrogens (primary N) is 1. The molecular weight excluding hydrogens is 256 g/mol. The van der Waals surface area contributed by atoms with Gasteiger partial charge in [0.05, 0.1) is 13.2 Å². The third-order valence-electron chi connectivity index (χ3n) is 2.43. The van der Waals surface area contributed by atoms with Crippen LogP contribution < -0.4 is 10.5 Å². The highest BCUT2D eigenvalue weighted by Crippen LogP contribution is 2.26. The minimum Gasteiger partial charge on any atom is -0.504 e. The second-order valence-electron chi connectivity index (χ2n) is 3.99. The van der Waals surface area contributed by atoms with Gasteiger partial charge in [-0.05, 0) is 24.6 Å². The number of phenols is 1. The van der Waals surface area contributed by atoms with E-state index in [-0.39, 0.29) is 24.1 Å². The lowest BCUT2D eigenvalue weighted by Gasteiger charge is -2.19. The molecule has 0 aliphatic carbocycles. The summed E-state index contributed by atoms with van der Waals surface area (Å²) in [5.74, 6) is 0.346. The molecule has 0 radical (unpaired) electrons. The van der Waals surface area contributed by atoms with E-state index in [1.807, 2.05) is 0 Å². The van der Waals surface area contributed by atoms with E-state index < -0.39 is 6.04 Å². The van der Waals surface area contributed by atoms with Crippen LogP contribution in [0.15, 0.2) is 18.2 Å². The highest BCUT2D eigenvalue weighted by molar-refractivity contribution is 5.85. The van der Waals surface area contributed by atoms with Gasteiger partial charge in [-0.1, -0.05) is 6.07 Å². The number of aromatic hydroxyl groups is 1. The van der Waals surface area contributed by atoms with Crippen LogP contribution in [0.2, 0.25) is 0 Å². The van der Waals surface area contributed by atoms with E-state index in [9.17, 15) is 9.90 Å². The maximum Gasteiger partial charge on any atom is 0.239 e. The molecule has 1 aromatic rings. The Labute approximate surface area is 113 Å². The molecule has 0 aliphatic heterocycles. The monoisotopic (exact) mass is 274 g/mol. The molecule has 0 aliphatic rings. The second-order valence-corrected chi connectivity index (χ2v) is 3.99. The quantitative estimate of drug-likeness (QED) is 0.863. The molecule has 0 bridgehead atoms. The van der Waals surface area contributed by atoms with Crippen molar-refractivity contribution in [1.29, 1.82) is 0 Å². The van der Waals surface area contributed by atoms with Crippen molar-refractivity contribution in [2.45, 2.75) is 19.5 Å². The zero-order valence-electron chi connectivity index (χ0n) is 10.7. The first-order valence-electron chi connectivity index (χ1n) is 5.32. The van der Waals surface area contributed by atoms with Crippen molar-refractivity contribution in [2.24, 2.45) is 5.73 Å². The molecule has 1 aromatic carbocycles. The van der Waals surface area contributed by atoms with E-state index in [2.05, 4.69) is 0 Å². The van der Waals surface area contributed by atoms with Gasteiger partial charge in [-0.2, -0.15) is 0 Å². The molecule has 1 rings (SSSR count). The van der Waals surface area contributed by atoms with Crippen molar-refractivity contribution >= 4 is 18.3 Å². The van der Waals surface area contributed by atoms with Gasteiger partial charge in [0, 0.05) is 13.6 Å². The van der Waals surface area contributed by atoms with E-state index in [0.29, 0.717) is 12.3 Å². The number of amides is 1. The van der Waals surface area contributed by atoms with Crippen LogP contribution in [0.3, 0.4) is 0 Å². The van der Waals surface area contributed by atoms with E-state index in [0.717, 1.165) is 5.56 Å². The highest BCUT2D eigenvalue weighted by Gasteiger charge is 2.14. The number of carbonyl (C=O) groups is 1. The SMILES string of the molecule is COc1cc(CN(C)C(=O)[C@@H](C)N)ccc1O.Cl. The van der Waals surface area contributed by atoms with Crippen LogP contribution in [-0.2, 0) is 11.3 Å². The fraction of sp³-hybridized carbons (Fsp3) is 0.417. The van der Waals surface area contributed by atoms with Gasteiger partial charge in [-0.25, -0.2) is 0 Å². The zero-order chi connectivity index (χ0) is 13.0. The van der Waals surface area contributed by atoms with Crippen molar-refractivity contribution in [2.75, 3.05) is 14.2 Å². The number of phenolic OH excluding ortho intramolecular Hbond substituents is 1. The Kier molecular flexibility index (Phi) is 6.51. The summed E-state index contributed by atoms with van der Waals surface area (Å²) in [6.45, 7) is 2.08. The minimum absolute atomic E-state index is 0. The van der Waals surface area contributed by atoms with E-state index in [1.165, 1.54) is 12.0 Å². The van der Waals surface area contributed by atoms with Gasteiger partial charge in [0.15, 0.2) is 11.5 Å². The van der Waals surface area contributed by atoms with Crippen molar-refractivity contribution in [3.63, 3.8) is 0 Å². The molecule has 0 saturated heterocycles. The molecular formula is C12H19ClN2O3. The van der Waals surface area contributed by atoms with Crippen LogP contribution in [-0.4, -0.2) is 36.1 Å². The van der Waals surface area contributed by atoms with Crippen molar-refractivity contribution in [3.05, 3.63) is 23.8 Å². The molecule has 102 valence electrons. The third kappa shape index (κ3) is 4.09. The number of ether oxygens (including phenoxy) is 1. The van der Waals surface area contributed by atoms with Gasteiger partial charge in [-0.3, -0.25) is 4.79 Å². The molecule has 1 amide bonds. The Balaban J connectivity index is 0.00000289. The average molecular weight is 275 g/mol. The summed E-state index contributed by atoms with van der Waals surface area (Å²) in [7, 11) is 3.17. The number of halogens is 1. The summed E-state index contributed by atoms with van der Waals surface area (Å²) in [4.78, 5) is 13.1. The third-order valence-corrected chi connectivity index (χ3v) is 2.43. The molecule has 0 saturated carbocycles. The summed E-state index contributed by atoms with van der Waals surface area (Å²) in [6.07, 6.45) is 0. The highest BCUT2D eigenvalue weighted by atomic mass is 35.5. The molecule has 0 aromatic heterocycles. The van der Waals surface area contributed by atoms with Crippen molar-refractivity contribution in [1.82, 2.24) is 4.90 Å². The normalized spacial score (nSPS) is 11.3. The lowest BCUT2D eigenvalue weighted by Crippen LogP contribution is -2.39. The molecule has 0 unspecified atom stereocenters. The molecule has 6 heteroatoms.